The number of nitrogens with zero attached hydrogens (tertiary/aromatic N) is 4. The Morgan fingerprint density at radius 2 is 1.42 bits per heavy atom. The summed E-state index contributed by atoms with van der Waals surface area (Å²) in [5, 5.41) is 21.8. The Hall–Kier alpha value is -4.20. The summed E-state index contributed by atoms with van der Waals surface area (Å²) in [5.74, 6) is 1.28. The Labute approximate surface area is 180 Å². The van der Waals surface area contributed by atoms with Gasteiger partial charge in [0.1, 0.15) is 0 Å². The fourth-order valence-electron chi connectivity index (χ4n) is 3.05. The Bertz CT molecular complexity index is 1180. The average Bonchev–Trinajstić information content (AvgIpc) is 3.03. The third-order valence-electron chi connectivity index (χ3n) is 4.97. The number of carbonyl (C=O) groups is 1. The highest BCUT2D eigenvalue weighted by molar-refractivity contribution is 5.99. The summed E-state index contributed by atoms with van der Waals surface area (Å²) in [6, 6.07) is 20.1. The highest BCUT2D eigenvalue weighted by atomic mass is 16.2. The summed E-state index contributed by atoms with van der Waals surface area (Å²) >= 11 is 0. The molecule has 2 heterocycles. The van der Waals surface area contributed by atoms with Crippen molar-refractivity contribution < 1.29 is 4.79 Å². The monoisotopic (exact) mass is 413 g/mol. The van der Waals surface area contributed by atoms with Crippen LogP contribution < -0.4 is 16.0 Å². The van der Waals surface area contributed by atoms with Crippen molar-refractivity contribution in [3.8, 4) is 5.82 Å². The van der Waals surface area contributed by atoms with Crippen LogP contribution in [0, 0.1) is 20.8 Å². The average molecular weight is 413 g/mol. The molecule has 8 heteroatoms. The van der Waals surface area contributed by atoms with Gasteiger partial charge in [0.2, 0.25) is 0 Å². The number of benzene rings is 2. The van der Waals surface area contributed by atoms with Gasteiger partial charge in [-0.2, -0.15) is 5.10 Å². The minimum absolute atomic E-state index is 0.298. The summed E-state index contributed by atoms with van der Waals surface area (Å²) in [7, 11) is 0. The molecule has 0 spiro atoms. The normalized spacial score (nSPS) is 10.5. The largest absolute Gasteiger partial charge is 0.339 e. The van der Waals surface area contributed by atoms with E-state index < -0.39 is 0 Å². The first-order chi connectivity index (χ1) is 15.0. The van der Waals surface area contributed by atoms with Gasteiger partial charge in [0.15, 0.2) is 11.6 Å². The number of carbonyl (C=O) groups excluding carboxylic acids is 1. The lowest BCUT2D eigenvalue weighted by Crippen LogP contribution is -2.19. The van der Waals surface area contributed by atoms with Crippen LogP contribution in [0.2, 0.25) is 0 Å². The van der Waals surface area contributed by atoms with Crippen molar-refractivity contribution in [2.75, 3.05) is 16.0 Å². The zero-order valence-electron chi connectivity index (χ0n) is 17.5. The van der Waals surface area contributed by atoms with Gasteiger partial charge in [0, 0.05) is 22.8 Å². The van der Waals surface area contributed by atoms with Crippen LogP contribution in [0.1, 0.15) is 17.0 Å². The van der Waals surface area contributed by atoms with E-state index in [9.17, 15) is 4.79 Å². The first-order valence-corrected chi connectivity index (χ1v) is 9.86. The van der Waals surface area contributed by atoms with Crippen molar-refractivity contribution in [1.82, 2.24) is 20.0 Å². The summed E-state index contributed by atoms with van der Waals surface area (Å²) in [4.78, 5) is 12.1. The fourth-order valence-corrected chi connectivity index (χ4v) is 3.05. The predicted molar refractivity (Wildman–Crippen MR) is 122 cm³/mol. The molecule has 2 aromatic carbocycles. The van der Waals surface area contributed by atoms with E-state index in [4.69, 9.17) is 0 Å². The van der Waals surface area contributed by atoms with Gasteiger partial charge >= 0.3 is 6.03 Å². The number of anilines is 4. The predicted octanol–water partition coefficient (Wildman–Crippen LogP) is 4.98. The molecule has 0 unspecified atom stereocenters. The molecule has 3 N–H and O–H groups in total. The Kier molecular flexibility index (Phi) is 5.61. The van der Waals surface area contributed by atoms with Crippen LogP contribution in [-0.2, 0) is 0 Å². The second-order valence-electron chi connectivity index (χ2n) is 7.13. The second-order valence-corrected chi connectivity index (χ2v) is 7.13. The number of hydrogen-bond donors (Lipinski definition) is 3. The van der Waals surface area contributed by atoms with Crippen LogP contribution in [0.15, 0.2) is 66.7 Å². The van der Waals surface area contributed by atoms with Gasteiger partial charge in [-0.1, -0.05) is 18.2 Å². The molecule has 156 valence electrons. The highest BCUT2D eigenvalue weighted by Gasteiger charge is 2.10. The van der Waals surface area contributed by atoms with Crippen molar-refractivity contribution in [2.45, 2.75) is 20.8 Å². The SMILES string of the molecule is Cc1nn(-c2ccc(Nc3ccc(NC(=O)Nc4ccccc4)cc3)nn2)c(C)c1C. The van der Waals surface area contributed by atoms with Gasteiger partial charge in [0.05, 0.1) is 5.69 Å². The number of nitrogens with one attached hydrogen (secondary N) is 3. The third kappa shape index (κ3) is 4.69. The molecule has 0 saturated carbocycles. The summed E-state index contributed by atoms with van der Waals surface area (Å²) in [6.07, 6.45) is 0. The lowest BCUT2D eigenvalue weighted by Gasteiger charge is -2.09. The van der Waals surface area contributed by atoms with Gasteiger partial charge in [-0.15, -0.1) is 10.2 Å². The van der Waals surface area contributed by atoms with Crippen LogP contribution >= 0.6 is 0 Å². The molecule has 0 fully saturated rings. The van der Waals surface area contributed by atoms with Crippen molar-refractivity contribution in [3.63, 3.8) is 0 Å². The number of aromatic nitrogens is 4. The Balaban J connectivity index is 1.37. The van der Waals surface area contributed by atoms with E-state index in [1.807, 2.05) is 87.5 Å². The van der Waals surface area contributed by atoms with Crippen molar-refractivity contribution in [2.24, 2.45) is 0 Å². The van der Waals surface area contributed by atoms with Crippen molar-refractivity contribution in [3.05, 3.63) is 83.7 Å². The van der Waals surface area contributed by atoms with E-state index in [1.165, 1.54) is 0 Å². The van der Waals surface area contributed by atoms with Crippen LogP contribution in [0.25, 0.3) is 5.82 Å². The lowest BCUT2D eigenvalue weighted by atomic mass is 10.2. The molecular formula is C23H23N7O. The minimum atomic E-state index is -0.298. The number of hydrogen-bond acceptors (Lipinski definition) is 5. The second kappa shape index (κ2) is 8.66. The van der Waals surface area contributed by atoms with E-state index in [-0.39, 0.29) is 6.03 Å². The van der Waals surface area contributed by atoms with Gasteiger partial charge in [-0.25, -0.2) is 9.48 Å². The smallest absolute Gasteiger partial charge is 0.323 e. The number of urea groups is 1. The molecule has 4 aromatic rings. The molecule has 0 saturated heterocycles. The topological polar surface area (TPSA) is 96.8 Å². The molecule has 0 bridgehead atoms. The van der Waals surface area contributed by atoms with Crippen LogP contribution in [0.4, 0.5) is 27.7 Å². The van der Waals surface area contributed by atoms with E-state index >= 15 is 0 Å². The van der Waals surface area contributed by atoms with E-state index in [1.54, 1.807) is 4.68 Å². The molecule has 2 aromatic heterocycles. The van der Waals surface area contributed by atoms with Gasteiger partial charge < -0.3 is 16.0 Å². The quantitative estimate of drug-likeness (QED) is 0.429. The molecule has 0 aliphatic carbocycles. The first-order valence-electron chi connectivity index (χ1n) is 9.86. The lowest BCUT2D eigenvalue weighted by molar-refractivity contribution is 0.262. The zero-order chi connectivity index (χ0) is 21.8. The van der Waals surface area contributed by atoms with Gasteiger partial charge in [-0.3, -0.25) is 0 Å². The summed E-state index contributed by atoms with van der Waals surface area (Å²) in [5.41, 5.74) is 5.42. The molecule has 31 heavy (non-hydrogen) atoms. The maximum Gasteiger partial charge on any atom is 0.323 e. The molecule has 0 radical (unpaired) electrons. The van der Waals surface area contributed by atoms with E-state index in [0.29, 0.717) is 17.3 Å². The summed E-state index contributed by atoms with van der Waals surface area (Å²) in [6.45, 7) is 6.03. The molecular weight excluding hydrogens is 390 g/mol. The van der Waals surface area contributed by atoms with Crippen LogP contribution in [0.5, 0.6) is 0 Å². The number of amides is 2. The van der Waals surface area contributed by atoms with Crippen molar-refractivity contribution >= 4 is 28.9 Å². The Morgan fingerprint density at radius 1 is 0.774 bits per heavy atom. The van der Waals surface area contributed by atoms with Gasteiger partial charge in [0.25, 0.3) is 0 Å². The highest BCUT2D eigenvalue weighted by Crippen LogP contribution is 2.19. The molecule has 0 aliphatic rings. The standard InChI is InChI=1S/C23H23N7O/c1-15-16(2)29-30(17(15)3)22-14-13-21(27-28-22)24-19-9-11-20(12-10-19)26-23(31)25-18-7-5-4-6-8-18/h4-14H,1-3H3,(H,24,27)(H2,25,26,31). The molecule has 2 amide bonds. The maximum atomic E-state index is 12.1. The molecule has 0 atom stereocenters. The van der Waals surface area contributed by atoms with Gasteiger partial charge in [-0.05, 0) is 74.9 Å². The summed E-state index contributed by atoms with van der Waals surface area (Å²) < 4.78 is 1.79. The van der Waals surface area contributed by atoms with E-state index in [2.05, 4.69) is 31.2 Å². The number of rotatable bonds is 5. The number of aryl methyl sites for hydroxylation is 1. The molecule has 4 rings (SSSR count). The maximum absolute atomic E-state index is 12.1. The first kappa shape index (κ1) is 20.1. The number of para-hydroxylation sites is 1. The Morgan fingerprint density at radius 3 is 2.00 bits per heavy atom. The third-order valence-corrected chi connectivity index (χ3v) is 4.97. The molecule has 0 aliphatic heterocycles. The molecule has 8 nitrogen and oxygen atoms in total. The van der Waals surface area contributed by atoms with E-state index in [0.717, 1.165) is 28.3 Å². The minimum Gasteiger partial charge on any atom is -0.339 e. The van der Waals surface area contributed by atoms with Crippen LogP contribution in [0.3, 0.4) is 0 Å². The van der Waals surface area contributed by atoms with Crippen LogP contribution in [-0.4, -0.2) is 26.0 Å². The zero-order valence-corrected chi connectivity index (χ0v) is 17.5. The fraction of sp³-hybridized carbons (Fsp3) is 0.130. The van der Waals surface area contributed by atoms with Crippen molar-refractivity contribution in [1.29, 1.82) is 0 Å².